The molecule has 2 fully saturated rings. The molecule has 0 spiro atoms. The zero-order valence-electron chi connectivity index (χ0n) is 12.9. The third-order valence-electron chi connectivity index (χ3n) is 4.66. The van der Waals surface area contributed by atoms with Crippen LogP contribution < -0.4 is 5.32 Å². The van der Waals surface area contributed by atoms with Crippen molar-refractivity contribution in [2.45, 2.75) is 57.5 Å². The smallest absolute Gasteiger partial charge is 0.326 e. The Bertz CT molecular complexity index is 361. The lowest BCUT2D eigenvalue weighted by Crippen LogP contribution is -2.53. The fourth-order valence-corrected chi connectivity index (χ4v) is 3.30. The monoisotopic (exact) mass is 297 g/mol. The van der Waals surface area contributed by atoms with Crippen LogP contribution in [-0.4, -0.2) is 65.2 Å². The van der Waals surface area contributed by atoms with E-state index >= 15 is 0 Å². The van der Waals surface area contributed by atoms with E-state index in [2.05, 4.69) is 10.2 Å². The molecule has 0 aromatic rings. The van der Waals surface area contributed by atoms with Crippen molar-refractivity contribution in [1.82, 2.24) is 15.1 Å². The number of hydrogen-bond donors (Lipinski definition) is 2. The molecular formula is C15H27N3O3. The summed E-state index contributed by atoms with van der Waals surface area (Å²) in [6, 6.07) is -0.422. The molecule has 6 nitrogen and oxygen atoms in total. The molecule has 2 amide bonds. The third-order valence-corrected chi connectivity index (χ3v) is 4.66. The first kappa shape index (κ1) is 16.1. The van der Waals surface area contributed by atoms with Crippen LogP contribution in [0.2, 0.25) is 0 Å². The van der Waals surface area contributed by atoms with E-state index in [0.717, 1.165) is 25.9 Å². The summed E-state index contributed by atoms with van der Waals surface area (Å²) in [5.41, 5.74) is 0. The molecule has 21 heavy (non-hydrogen) atoms. The van der Waals surface area contributed by atoms with E-state index in [1.165, 1.54) is 32.4 Å². The standard InChI is InChI=1S/C15H27N3O3/c1-2-13(14(19)20)16-15(21)18-10-6-12(7-11-18)17-8-4-3-5-9-17/h12-13H,2-11H2,1H3,(H,16,21)(H,19,20)/t13-/m1/s1. The van der Waals surface area contributed by atoms with Crippen LogP contribution in [0.5, 0.6) is 0 Å². The molecule has 120 valence electrons. The van der Waals surface area contributed by atoms with Crippen LogP contribution in [0.15, 0.2) is 0 Å². The lowest BCUT2D eigenvalue weighted by atomic mass is 10.00. The molecule has 0 aromatic carbocycles. The normalized spacial score (nSPS) is 22.8. The number of aliphatic carboxylic acids is 1. The number of piperidine rings is 2. The van der Waals surface area contributed by atoms with Gasteiger partial charge in [-0.15, -0.1) is 0 Å². The van der Waals surface area contributed by atoms with Crippen LogP contribution in [0.4, 0.5) is 4.79 Å². The van der Waals surface area contributed by atoms with E-state index in [-0.39, 0.29) is 6.03 Å². The minimum atomic E-state index is -0.964. The second kappa shape index (κ2) is 7.64. The largest absolute Gasteiger partial charge is 0.480 e. The van der Waals surface area contributed by atoms with E-state index in [1.807, 2.05) is 0 Å². The first-order valence-electron chi connectivity index (χ1n) is 8.14. The van der Waals surface area contributed by atoms with Gasteiger partial charge in [-0.1, -0.05) is 13.3 Å². The number of rotatable bonds is 4. The van der Waals surface area contributed by atoms with Crippen molar-refractivity contribution in [3.63, 3.8) is 0 Å². The molecule has 0 unspecified atom stereocenters. The van der Waals surface area contributed by atoms with E-state index < -0.39 is 12.0 Å². The Morgan fingerprint density at radius 2 is 1.76 bits per heavy atom. The molecule has 2 rings (SSSR count). The third kappa shape index (κ3) is 4.33. The number of amides is 2. The molecule has 2 N–H and O–H groups in total. The van der Waals surface area contributed by atoms with Gasteiger partial charge in [0.25, 0.3) is 0 Å². The van der Waals surface area contributed by atoms with Crippen LogP contribution in [0.25, 0.3) is 0 Å². The Kier molecular flexibility index (Phi) is 5.85. The number of carbonyl (C=O) groups excluding carboxylic acids is 1. The molecule has 2 aliphatic rings. The Hall–Kier alpha value is -1.30. The van der Waals surface area contributed by atoms with Gasteiger partial charge in [-0.2, -0.15) is 0 Å². The first-order valence-corrected chi connectivity index (χ1v) is 8.14. The van der Waals surface area contributed by atoms with Gasteiger partial charge in [0, 0.05) is 19.1 Å². The topological polar surface area (TPSA) is 72.9 Å². The molecule has 2 saturated heterocycles. The summed E-state index contributed by atoms with van der Waals surface area (Å²) >= 11 is 0. The zero-order valence-corrected chi connectivity index (χ0v) is 12.9. The van der Waals surface area contributed by atoms with Gasteiger partial charge in [0.15, 0.2) is 0 Å². The summed E-state index contributed by atoms with van der Waals surface area (Å²) in [4.78, 5) is 27.4. The highest BCUT2D eigenvalue weighted by Crippen LogP contribution is 2.20. The number of urea groups is 1. The number of carbonyl (C=O) groups is 2. The minimum absolute atomic E-state index is 0.235. The van der Waals surface area contributed by atoms with Crippen molar-refractivity contribution in [3.8, 4) is 0 Å². The zero-order chi connectivity index (χ0) is 15.2. The Morgan fingerprint density at radius 1 is 1.14 bits per heavy atom. The van der Waals surface area contributed by atoms with E-state index in [9.17, 15) is 9.59 Å². The molecule has 2 heterocycles. The molecule has 0 radical (unpaired) electrons. The van der Waals surface area contributed by atoms with Gasteiger partial charge >= 0.3 is 12.0 Å². The average Bonchev–Trinajstić information content (AvgIpc) is 2.53. The van der Waals surface area contributed by atoms with Crippen LogP contribution in [0.3, 0.4) is 0 Å². The van der Waals surface area contributed by atoms with Crippen molar-refractivity contribution in [1.29, 1.82) is 0 Å². The van der Waals surface area contributed by atoms with Gasteiger partial charge in [-0.25, -0.2) is 9.59 Å². The SMILES string of the molecule is CC[C@@H](NC(=O)N1CCC(N2CCCCC2)CC1)C(=O)O. The van der Waals surface area contributed by atoms with Gasteiger partial charge < -0.3 is 20.2 Å². The number of carboxylic acids is 1. The van der Waals surface area contributed by atoms with Gasteiger partial charge in [0.05, 0.1) is 0 Å². The summed E-state index contributed by atoms with van der Waals surface area (Å²) in [5, 5.41) is 11.6. The summed E-state index contributed by atoms with van der Waals surface area (Å²) in [5.74, 6) is -0.964. The number of hydrogen-bond acceptors (Lipinski definition) is 3. The number of nitrogens with one attached hydrogen (secondary N) is 1. The summed E-state index contributed by atoms with van der Waals surface area (Å²) in [7, 11) is 0. The predicted molar refractivity (Wildman–Crippen MR) is 80.3 cm³/mol. The molecule has 2 aliphatic heterocycles. The molecule has 0 aromatic heterocycles. The maximum absolute atomic E-state index is 12.1. The maximum Gasteiger partial charge on any atom is 0.326 e. The van der Waals surface area contributed by atoms with E-state index in [4.69, 9.17) is 5.11 Å². The van der Waals surface area contributed by atoms with Crippen molar-refractivity contribution in [2.24, 2.45) is 0 Å². The fraction of sp³-hybridized carbons (Fsp3) is 0.867. The van der Waals surface area contributed by atoms with Crippen molar-refractivity contribution in [2.75, 3.05) is 26.2 Å². The van der Waals surface area contributed by atoms with Crippen molar-refractivity contribution < 1.29 is 14.7 Å². The summed E-state index contributed by atoms with van der Waals surface area (Å²) in [6.45, 7) is 5.59. The van der Waals surface area contributed by atoms with E-state index in [1.54, 1.807) is 11.8 Å². The number of carboxylic acid groups (broad SMARTS) is 1. The van der Waals surface area contributed by atoms with Crippen LogP contribution in [0.1, 0.15) is 45.4 Å². The summed E-state index contributed by atoms with van der Waals surface area (Å²) in [6.07, 6.45) is 6.32. The van der Waals surface area contributed by atoms with Gasteiger partial charge in [-0.3, -0.25) is 0 Å². The highest BCUT2D eigenvalue weighted by atomic mass is 16.4. The minimum Gasteiger partial charge on any atom is -0.480 e. The average molecular weight is 297 g/mol. The molecule has 6 heteroatoms. The lowest BCUT2D eigenvalue weighted by Gasteiger charge is -2.40. The Morgan fingerprint density at radius 3 is 2.29 bits per heavy atom. The van der Waals surface area contributed by atoms with Crippen LogP contribution >= 0.6 is 0 Å². The van der Waals surface area contributed by atoms with Crippen LogP contribution in [0, 0.1) is 0 Å². The first-order chi connectivity index (χ1) is 10.1. The van der Waals surface area contributed by atoms with Gasteiger partial charge in [0.2, 0.25) is 0 Å². The highest BCUT2D eigenvalue weighted by Gasteiger charge is 2.29. The number of likely N-dealkylation sites (tertiary alicyclic amines) is 2. The predicted octanol–water partition coefficient (Wildman–Crippen LogP) is 1.51. The Balaban J connectivity index is 1.77. The van der Waals surface area contributed by atoms with Gasteiger partial charge in [-0.05, 0) is 45.2 Å². The van der Waals surface area contributed by atoms with Crippen molar-refractivity contribution in [3.05, 3.63) is 0 Å². The Labute approximate surface area is 126 Å². The molecular weight excluding hydrogens is 270 g/mol. The fourth-order valence-electron chi connectivity index (χ4n) is 3.30. The maximum atomic E-state index is 12.1. The molecule has 1 atom stereocenters. The second-order valence-corrected chi connectivity index (χ2v) is 6.06. The van der Waals surface area contributed by atoms with Crippen LogP contribution in [-0.2, 0) is 4.79 Å². The summed E-state index contributed by atoms with van der Waals surface area (Å²) < 4.78 is 0. The number of nitrogens with zero attached hydrogens (tertiary/aromatic N) is 2. The molecule has 0 bridgehead atoms. The molecule has 0 saturated carbocycles. The lowest BCUT2D eigenvalue weighted by molar-refractivity contribution is -0.139. The highest BCUT2D eigenvalue weighted by molar-refractivity contribution is 5.82. The van der Waals surface area contributed by atoms with E-state index in [0.29, 0.717) is 12.5 Å². The second-order valence-electron chi connectivity index (χ2n) is 6.06. The van der Waals surface area contributed by atoms with Gasteiger partial charge in [0.1, 0.15) is 6.04 Å². The molecule has 0 aliphatic carbocycles. The van der Waals surface area contributed by atoms with Crippen molar-refractivity contribution >= 4 is 12.0 Å². The quantitative estimate of drug-likeness (QED) is 0.825.